The number of carbonyl (C=O) groups is 2. The van der Waals surface area contributed by atoms with Gasteiger partial charge < -0.3 is 9.80 Å². The van der Waals surface area contributed by atoms with E-state index >= 15 is 0 Å². The average molecular weight is 434 g/mol. The van der Waals surface area contributed by atoms with Crippen molar-refractivity contribution in [2.45, 2.75) is 11.8 Å². The van der Waals surface area contributed by atoms with E-state index in [0.717, 1.165) is 4.31 Å². The van der Waals surface area contributed by atoms with Gasteiger partial charge in [0.1, 0.15) is 5.82 Å². The fourth-order valence-electron chi connectivity index (χ4n) is 3.30. The number of sulfonamides is 1. The largest absolute Gasteiger partial charge is 0.366 e. The van der Waals surface area contributed by atoms with Crippen LogP contribution in [0, 0.1) is 5.82 Å². The van der Waals surface area contributed by atoms with Gasteiger partial charge in [-0.3, -0.25) is 9.59 Å². The molecule has 1 aliphatic rings. The van der Waals surface area contributed by atoms with E-state index in [0.29, 0.717) is 43.0 Å². The van der Waals surface area contributed by atoms with E-state index in [1.165, 1.54) is 51.4 Å². The van der Waals surface area contributed by atoms with Crippen molar-refractivity contribution in [1.82, 2.24) is 9.21 Å². The van der Waals surface area contributed by atoms with Crippen LogP contribution in [0.5, 0.6) is 0 Å². The minimum Gasteiger partial charge on any atom is -0.366 e. The lowest BCUT2D eigenvalue weighted by Crippen LogP contribution is -2.49. The summed E-state index contributed by atoms with van der Waals surface area (Å²) in [4.78, 5) is 27.8. The normalized spacial score (nSPS) is 14.8. The van der Waals surface area contributed by atoms with Crippen LogP contribution >= 0.6 is 0 Å². The molecule has 30 heavy (non-hydrogen) atoms. The Morgan fingerprint density at radius 3 is 2.00 bits per heavy atom. The maximum absolute atomic E-state index is 14.4. The number of amides is 1. The van der Waals surface area contributed by atoms with Gasteiger partial charge in [-0.2, -0.15) is 0 Å². The minimum atomic E-state index is -3.55. The van der Waals surface area contributed by atoms with E-state index in [-0.39, 0.29) is 16.6 Å². The van der Waals surface area contributed by atoms with Crippen molar-refractivity contribution >= 4 is 27.4 Å². The van der Waals surface area contributed by atoms with Crippen molar-refractivity contribution in [3.63, 3.8) is 0 Å². The molecule has 0 unspecified atom stereocenters. The van der Waals surface area contributed by atoms with Crippen molar-refractivity contribution < 1.29 is 22.4 Å². The first-order valence-electron chi connectivity index (χ1n) is 9.48. The Morgan fingerprint density at radius 1 is 0.933 bits per heavy atom. The minimum absolute atomic E-state index is 0.123. The van der Waals surface area contributed by atoms with Gasteiger partial charge in [-0.25, -0.2) is 17.1 Å². The van der Waals surface area contributed by atoms with Crippen LogP contribution in [0.2, 0.25) is 0 Å². The summed E-state index contributed by atoms with van der Waals surface area (Å²) in [6, 6.07) is 10.3. The van der Waals surface area contributed by atoms with E-state index < -0.39 is 15.8 Å². The lowest BCUT2D eigenvalue weighted by molar-refractivity contribution is 0.0746. The first-order chi connectivity index (χ1) is 14.1. The molecule has 0 aromatic heterocycles. The summed E-state index contributed by atoms with van der Waals surface area (Å²) >= 11 is 0. The molecular weight excluding hydrogens is 409 g/mol. The van der Waals surface area contributed by atoms with Gasteiger partial charge in [0.15, 0.2) is 5.78 Å². The third-order valence-corrected chi connectivity index (χ3v) is 6.97. The predicted octanol–water partition coefficient (Wildman–Crippen LogP) is 2.24. The van der Waals surface area contributed by atoms with Crippen LogP contribution in [-0.2, 0) is 10.0 Å². The summed E-state index contributed by atoms with van der Waals surface area (Å²) in [5, 5.41) is 0. The molecule has 0 bridgehead atoms. The van der Waals surface area contributed by atoms with Crippen LogP contribution in [0.25, 0.3) is 0 Å². The molecule has 2 aromatic carbocycles. The first-order valence-corrected chi connectivity index (χ1v) is 10.9. The number of anilines is 1. The van der Waals surface area contributed by atoms with E-state index in [2.05, 4.69) is 0 Å². The van der Waals surface area contributed by atoms with Crippen molar-refractivity contribution in [1.29, 1.82) is 0 Å². The van der Waals surface area contributed by atoms with Gasteiger partial charge in [-0.1, -0.05) is 0 Å². The molecule has 1 fully saturated rings. The van der Waals surface area contributed by atoms with Gasteiger partial charge in [0, 0.05) is 51.4 Å². The smallest absolute Gasteiger partial charge is 0.253 e. The zero-order chi connectivity index (χ0) is 22.1. The molecule has 2 aromatic rings. The molecule has 0 radical (unpaired) electrons. The highest BCUT2D eigenvalue weighted by Gasteiger charge is 2.25. The summed E-state index contributed by atoms with van der Waals surface area (Å²) in [5.74, 6) is -0.851. The number of benzene rings is 2. The number of carbonyl (C=O) groups excluding carboxylic acids is 2. The monoisotopic (exact) mass is 433 g/mol. The average Bonchev–Trinajstić information content (AvgIpc) is 2.73. The molecule has 9 heteroatoms. The second-order valence-corrected chi connectivity index (χ2v) is 9.47. The number of nitrogens with zero attached hydrogens (tertiary/aromatic N) is 3. The summed E-state index contributed by atoms with van der Waals surface area (Å²) in [6.07, 6.45) is 0. The Balaban J connectivity index is 1.66. The fraction of sp³-hybridized carbons (Fsp3) is 0.333. The van der Waals surface area contributed by atoms with Crippen LogP contribution in [0.1, 0.15) is 27.6 Å². The highest BCUT2D eigenvalue weighted by Crippen LogP contribution is 2.23. The van der Waals surface area contributed by atoms with E-state index in [1.807, 2.05) is 4.90 Å². The molecule has 0 saturated carbocycles. The molecule has 3 rings (SSSR count). The molecule has 7 nitrogen and oxygen atoms in total. The molecule has 1 amide bonds. The van der Waals surface area contributed by atoms with Crippen molar-refractivity contribution in [2.75, 3.05) is 45.2 Å². The quantitative estimate of drug-likeness (QED) is 0.676. The number of rotatable bonds is 5. The van der Waals surface area contributed by atoms with Crippen LogP contribution in [0.3, 0.4) is 0 Å². The zero-order valence-electron chi connectivity index (χ0n) is 17.1. The van der Waals surface area contributed by atoms with Crippen LogP contribution in [0.4, 0.5) is 10.1 Å². The standard InChI is InChI=1S/C21H24FN3O4S/c1-15(26)17-6-9-20(19(22)14-17)24-10-12-25(13-11-24)21(27)16-4-7-18(8-5-16)30(28,29)23(2)3/h4-9,14H,10-13H2,1-3H3. The van der Waals surface area contributed by atoms with Crippen molar-refractivity contribution in [2.24, 2.45) is 0 Å². The molecule has 0 aliphatic carbocycles. The topological polar surface area (TPSA) is 78.0 Å². The molecule has 1 heterocycles. The number of ketones is 1. The highest BCUT2D eigenvalue weighted by atomic mass is 32.2. The van der Waals surface area contributed by atoms with E-state index in [9.17, 15) is 22.4 Å². The Labute approximate surface area is 175 Å². The van der Waals surface area contributed by atoms with Gasteiger partial charge in [0.2, 0.25) is 10.0 Å². The Morgan fingerprint density at radius 2 is 1.50 bits per heavy atom. The van der Waals surface area contributed by atoms with Crippen LogP contribution in [0.15, 0.2) is 47.4 Å². The predicted molar refractivity (Wildman–Crippen MR) is 112 cm³/mol. The number of halogens is 1. The number of hydrogen-bond donors (Lipinski definition) is 0. The molecule has 160 valence electrons. The maximum atomic E-state index is 14.4. The number of piperazine rings is 1. The Bertz CT molecular complexity index is 1060. The second-order valence-electron chi connectivity index (χ2n) is 7.31. The maximum Gasteiger partial charge on any atom is 0.253 e. The van der Waals surface area contributed by atoms with Crippen molar-refractivity contribution in [3.8, 4) is 0 Å². The first kappa shape index (κ1) is 21.9. The fourth-order valence-corrected chi connectivity index (χ4v) is 4.20. The number of hydrogen-bond acceptors (Lipinski definition) is 5. The van der Waals surface area contributed by atoms with Gasteiger partial charge in [0.05, 0.1) is 10.6 Å². The van der Waals surface area contributed by atoms with Gasteiger partial charge in [-0.05, 0) is 49.4 Å². The summed E-state index contributed by atoms with van der Waals surface area (Å²) in [6.45, 7) is 3.11. The summed E-state index contributed by atoms with van der Waals surface area (Å²) in [5.41, 5.74) is 1.13. The Hall–Kier alpha value is -2.78. The highest BCUT2D eigenvalue weighted by molar-refractivity contribution is 7.89. The third kappa shape index (κ3) is 4.36. The zero-order valence-corrected chi connectivity index (χ0v) is 17.9. The van der Waals surface area contributed by atoms with Gasteiger partial charge >= 0.3 is 0 Å². The molecule has 0 atom stereocenters. The molecule has 1 saturated heterocycles. The van der Waals surface area contributed by atoms with Gasteiger partial charge in [0.25, 0.3) is 5.91 Å². The summed E-state index contributed by atoms with van der Waals surface area (Å²) < 4.78 is 39.8. The lowest BCUT2D eigenvalue weighted by Gasteiger charge is -2.36. The van der Waals surface area contributed by atoms with E-state index in [4.69, 9.17) is 0 Å². The van der Waals surface area contributed by atoms with Crippen LogP contribution in [-0.4, -0.2) is 69.6 Å². The summed E-state index contributed by atoms with van der Waals surface area (Å²) in [7, 11) is -0.652. The molecular formula is C21H24FN3O4S. The third-order valence-electron chi connectivity index (χ3n) is 5.14. The lowest BCUT2D eigenvalue weighted by atomic mass is 10.1. The Kier molecular flexibility index (Phi) is 6.23. The molecule has 1 aliphatic heterocycles. The van der Waals surface area contributed by atoms with Crippen LogP contribution < -0.4 is 4.90 Å². The number of Topliss-reactive ketones (excluding diaryl/α,β-unsaturated/α-hetero) is 1. The SMILES string of the molecule is CC(=O)c1ccc(N2CCN(C(=O)c3ccc(S(=O)(=O)N(C)C)cc3)CC2)c(F)c1. The van der Waals surface area contributed by atoms with E-state index in [1.54, 1.807) is 17.0 Å². The second kappa shape index (κ2) is 8.53. The van der Waals surface area contributed by atoms with Crippen molar-refractivity contribution in [3.05, 3.63) is 59.4 Å². The van der Waals surface area contributed by atoms with Gasteiger partial charge in [-0.15, -0.1) is 0 Å². The molecule has 0 N–H and O–H groups in total. The molecule has 0 spiro atoms.